The van der Waals surface area contributed by atoms with Crippen molar-refractivity contribution in [3.05, 3.63) is 28.8 Å². The lowest BCUT2D eigenvalue weighted by molar-refractivity contribution is 0.405. The molecule has 84 valence electrons. The summed E-state index contributed by atoms with van der Waals surface area (Å²) in [7, 11) is 1.77. The maximum atomic E-state index is 5.52. The summed E-state index contributed by atoms with van der Waals surface area (Å²) in [6.07, 6.45) is 2.26. The molecule has 1 nitrogen and oxygen atoms in total. The molecular formula is C14H22O. The van der Waals surface area contributed by atoms with Crippen LogP contribution in [-0.4, -0.2) is 7.11 Å². The number of rotatable bonds is 4. The summed E-state index contributed by atoms with van der Waals surface area (Å²) in [5.74, 6) is 1.65. The molecule has 0 fully saturated rings. The molecule has 0 aliphatic rings. The largest absolute Gasteiger partial charge is 0.496 e. The van der Waals surface area contributed by atoms with Gasteiger partial charge in [-0.15, -0.1) is 0 Å². The van der Waals surface area contributed by atoms with Gasteiger partial charge in [-0.2, -0.15) is 0 Å². The van der Waals surface area contributed by atoms with Gasteiger partial charge in [0.25, 0.3) is 0 Å². The van der Waals surface area contributed by atoms with Crippen LogP contribution in [0, 0.1) is 6.92 Å². The number of benzene rings is 1. The maximum Gasteiger partial charge on any atom is 0.125 e. The zero-order chi connectivity index (χ0) is 11.4. The van der Waals surface area contributed by atoms with Crippen molar-refractivity contribution >= 4 is 0 Å². The Kier molecular flexibility index (Phi) is 4.19. The molecule has 0 bridgehead atoms. The summed E-state index contributed by atoms with van der Waals surface area (Å²) in [5, 5.41) is 0. The van der Waals surface area contributed by atoms with E-state index in [1.54, 1.807) is 7.11 Å². The summed E-state index contributed by atoms with van der Waals surface area (Å²) >= 11 is 0. The van der Waals surface area contributed by atoms with Gasteiger partial charge in [-0.25, -0.2) is 0 Å². The van der Waals surface area contributed by atoms with Crippen LogP contribution >= 0.6 is 0 Å². The number of ether oxygens (including phenoxy) is 1. The summed E-state index contributed by atoms with van der Waals surface area (Å²) in [4.78, 5) is 0. The van der Waals surface area contributed by atoms with E-state index in [-0.39, 0.29) is 0 Å². The molecule has 0 amide bonds. The zero-order valence-corrected chi connectivity index (χ0v) is 10.6. The van der Waals surface area contributed by atoms with Crippen molar-refractivity contribution in [2.24, 2.45) is 0 Å². The smallest absolute Gasteiger partial charge is 0.125 e. The third-order valence-corrected chi connectivity index (χ3v) is 2.87. The summed E-state index contributed by atoms with van der Waals surface area (Å²) in [5.41, 5.74) is 4.03. The van der Waals surface area contributed by atoms with E-state index >= 15 is 0 Å². The van der Waals surface area contributed by atoms with E-state index in [0.717, 1.165) is 18.6 Å². The third-order valence-electron chi connectivity index (χ3n) is 2.87. The van der Waals surface area contributed by atoms with Crippen molar-refractivity contribution < 1.29 is 4.74 Å². The molecule has 0 unspecified atom stereocenters. The Morgan fingerprint density at radius 2 is 1.93 bits per heavy atom. The van der Waals surface area contributed by atoms with Crippen molar-refractivity contribution in [2.45, 2.75) is 46.5 Å². The summed E-state index contributed by atoms with van der Waals surface area (Å²) < 4.78 is 5.52. The average molecular weight is 206 g/mol. The van der Waals surface area contributed by atoms with Crippen LogP contribution in [0.15, 0.2) is 12.1 Å². The van der Waals surface area contributed by atoms with Gasteiger partial charge in [0, 0.05) is 0 Å². The minimum Gasteiger partial charge on any atom is -0.496 e. The van der Waals surface area contributed by atoms with Gasteiger partial charge in [-0.1, -0.05) is 39.3 Å². The van der Waals surface area contributed by atoms with E-state index in [4.69, 9.17) is 4.74 Å². The Labute approximate surface area is 93.5 Å². The minimum atomic E-state index is 0.564. The topological polar surface area (TPSA) is 9.23 Å². The fourth-order valence-corrected chi connectivity index (χ4v) is 2.14. The fraction of sp³-hybridized carbons (Fsp3) is 0.571. The monoisotopic (exact) mass is 206 g/mol. The molecule has 0 saturated heterocycles. The molecule has 0 aromatic heterocycles. The van der Waals surface area contributed by atoms with Gasteiger partial charge in [0.15, 0.2) is 0 Å². The SMILES string of the molecule is CCCc1ccc(C(C)C)c(C)c1OC. The van der Waals surface area contributed by atoms with Crippen LogP contribution in [0.5, 0.6) is 5.75 Å². The molecule has 0 spiro atoms. The number of hydrogen-bond acceptors (Lipinski definition) is 1. The van der Waals surface area contributed by atoms with Gasteiger partial charge < -0.3 is 4.74 Å². The van der Waals surface area contributed by atoms with Crippen molar-refractivity contribution in [2.75, 3.05) is 7.11 Å². The first kappa shape index (κ1) is 12.1. The number of aryl methyl sites for hydroxylation is 1. The molecule has 0 N–H and O–H groups in total. The van der Waals surface area contributed by atoms with Crippen molar-refractivity contribution in [1.82, 2.24) is 0 Å². The first-order chi connectivity index (χ1) is 7.11. The summed E-state index contributed by atoms with van der Waals surface area (Å²) in [6.45, 7) is 8.81. The van der Waals surface area contributed by atoms with E-state index < -0.39 is 0 Å². The Morgan fingerprint density at radius 1 is 1.27 bits per heavy atom. The van der Waals surface area contributed by atoms with Crippen LogP contribution in [0.4, 0.5) is 0 Å². The highest BCUT2D eigenvalue weighted by Gasteiger charge is 2.11. The predicted octanol–water partition coefficient (Wildman–Crippen LogP) is 4.08. The standard InChI is InChI=1S/C14H22O/c1-6-7-12-8-9-13(10(2)3)11(4)14(12)15-5/h8-10H,6-7H2,1-5H3. The summed E-state index contributed by atoms with van der Waals surface area (Å²) in [6, 6.07) is 4.46. The lowest BCUT2D eigenvalue weighted by atomic mass is 9.94. The van der Waals surface area contributed by atoms with Crippen molar-refractivity contribution in [1.29, 1.82) is 0 Å². The molecule has 1 aromatic carbocycles. The second kappa shape index (κ2) is 5.20. The van der Waals surface area contributed by atoms with Crippen LogP contribution in [-0.2, 0) is 6.42 Å². The molecule has 0 radical (unpaired) electrons. The molecule has 0 saturated carbocycles. The van der Waals surface area contributed by atoms with E-state index in [2.05, 4.69) is 39.8 Å². The van der Waals surface area contributed by atoms with Gasteiger partial charge in [0.05, 0.1) is 7.11 Å². The van der Waals surface area contributed by atoms with Crippen LogP contribution in [0.1, 0.15) is 49.8 Å². The quantitative estimate of drug-likeness (QED) is 0.721. The average Bonchev–Trinajstić information content (AvgIpc) is 2.18. The van der Waals surface area contributed by atoms with Gasteiger partial charge in [0.1, 0.15) is 5.75 Å². The van der Waals surface area contributed by atoms with Crippen molar-refractivity contribution in [3.63, 3.8) is 0 Å². The highest BCUT2D eigenvalue weighted by Crippen LogP contribution is 2.31. The molecule has 0 aliphatic carbocycles. The Bertz CT molecular complexity index is 326. The van der Waals surface area contributed by atoms with Crippen LogP contribution in [0.25, 0.3) is 0 Å². The van der Waals surface area contributed by atoms with E-state index in [9.17, 15) is 0 Å². The highest BCUT2D eigenvalue weighted by molar-refractivity contribution is 5.46. The van der Waals surface area contributed by atoms with Gasteiger partial charge in [-0.3, -0.25) is 0 Å². The molecule has 0 aliphatic heterocycles. The molecular weight excluding hydrogens is 184 g/mol. The molecule has 1 rings (SSSR count). The Balaban J connectivity index is 3.20. The molecule has 0 heterocycles. The van der Waals surface area contributed by atoms with Gasteiger partial charge >= 0.3 is 0 Å². The fourth-order valence-electron chi connectivity index (χ4n) is 2.14. The van der Waals surface area contributed by atoms with Crippen molar-refractivity contribution in [3.8, 4) is 5.75 Å². The maximum absolute atomic E-state index is 5.52. The lowest BCUT2D eigenvalue weighted by Gasteiger charge is -2.16. The van der Waals surface area contributed by atoms with E-state index in [1.165, 1.54) is 16.7 Å². The first-order valence-corrected chi connectivity index (χ1v) is 5.78. The first-order valence-electron chi connectivity index (χ1n) is 5.78. The highest BCUT2D eigenvalue weighted by atomic mass is 16.5. The molecule has 1 heteroatoms. The molecule has 0 atom stereocenters. The van der Waals surface area contributed by atoms with Gasteiger partial charge in [-0.05, 0) is 36.0 Å². The van der Waals surface area contributed by atoms with Crippen LogP contribution in [0.3, 0.4) is 0 Å². The third kappa shape index (κ3) is 2.53. The second-order valence-corrected chi connectivity index (χ2v) is 4.38. The Hall–Kier alpha value is -0.980. The zero-order valence-electron chi connectivity index (χ0n) is 10.6. The second-order valence-electron chi connectivity index (χ2n) is 4.38. The normalized spacial score (nSPS) is 10.8. The van der Waals surface area contributed by atoms with Gasteiger partial charge in [0.2, 0.25) is 0 Å². The molecule has 15 heavy (non-hydrogen) atoms. The molecule has 1 aromatic rings. The Morgan fingerprint density at radius 3 is 2.40 bits per heavy atom. The lowest BCUT2D eigenvalue weighted by Crippen LogP contribution is -2.00. The minimum absolute atomic E-state index is 0.564. The number of methoxy groups -OCH3 is 1. The predicted molar refractivity (Wildman–Crippen MR) is 65.8 cm³/mol. The van der Waals surface area contributed by atoms with Crippen LogP contribution in [0.2, 0.25) is 0 Å². The van der Waals surface area contributed by atoms with Crippen LogP contribution < -0.4 is 4.74 Å². The van der Waals surface area contributed by atoms with E-state index in [1.807, 2.05) is 0 Å². The number of hydrogen-bond donors (Lipinski definition) is 0. The van der Waals surface area contributed by atoms with E-state index in [0.29, 0.717) is 5.92 Å².